The van der Waals surface area contributed by atoms with Crippen molar-refractivity contribution in [3.05, 3.63) is 23.3 Å². The lowest BCUT2D eigenvalue weighted by atomic mass is 9.75. The Bertz CT molecular complexity index is 414. The normalized spacial score (nSPS) is 19.5. The van der Waals surface area contributed by atoms with Gasteiger partial charge in [-0.05, 0) is 31.3 Å². The maximum Gasteiger partial charge on any atom is 0.331 e. The summed E-state index contributed by atoms with van der Waals surface area (Å²) in [5, 5.41) is 18.3. The molecule has 0 bridgehead atoms. The molecule has 0 aromatic carbocycles. The Labute approximate surface area is 113 Å². The van der Waals surface area contributed by atoms with E-state index in [4.69, 9.17) is 5.11 Å². The summed E-state index contributed by atoms with van der Waals surface area (Å²) in [6.45, 7) is 6.90. The van der Waals surface area contributed by atoms with E-state index >= 15 is 0 Å². The first kappa shape index (κ1) is 15.5. The van der Waals surface area contributed by atoms with Crippen LogP contribution in [0.4, 0.5) is 0 Å². The second kappa shape index (κ2) is 6.55. The predicted molar refractivity (Wildman–Crippen MR) is 72.9 cm³/mol. The van der Waals surface area contributed by atoms with E-state index in [9.17, 15) is 14.7 Å². The molecule has 0 aliphatic heterocycles. The molecule has 1 fully saturated rings. The van der Waals surface area contributed by atoms with Crippen LogP contribution in [-0.2, 0) is 9.59 Å². The molecule has 2 N–H and O–H groups in total. The second-order valence-corrected chi connectivity index (χ2v) is 5.27. The highest BCUT2D eigenvalue weighted by Crippen LogP contribution is 2.37. The fourth-order valence-electron chi connectivity index (χ4n) is 2.89. The average molecular weight is 266 g/mol. The van der Waals surface area contributed by atoms with Gasteiger partial charge in [0.25, 0.3) is 0 Å². The van der Waals surface area contributed by atoms with Crippen molar-refractivity contribution in [1.82, 2.24) is 0 Å². The average Bonchev–Trinajstić information content (AvgIpc) is 2.38. The van der Waals surface area contributed by atoms with E-state index in [1.165, 1.54) is 6.42 Å². The fourth-order valence-corrected chi connectivity index (χ4v) is 2.89. The molecule has 1 unspecified atom stereocenters. The summed E-state index contributed by atoms with van der Waals surface area (Å²) in [6.07, 6.45) is 5.21. The highest BCUT2D eigenvalue weighted by atomic mass is 16.4. The maximum absolute atomic E-state index is 11.2. The molecule has 1 aliphatic carbocycles. The standard InChI is InChI=1S/C15H22O4/c1-9(10(2)14(16)17)13(11(3)15(18)19)12-7-5-4-6-8-12/h9,12H,2,4-8H2,1,3H3,(H,16,17)(H,18,19). The zero-order chi connectivity index (χ0) is 14.6. The molecule has 1 aliphatic rings. The molecule has 106 valence electrons. The van der Waals surface area contributed by atoms with E-state index in [1.807, 2.05) is 0 Å². The van der Waals surface area contributed by atoms with Gasteiger partial charge >= 0.3 is 11.9 Å². The Balaban J connectivity index is 3.12. The van der Waals surface area contributed by atoms with Crippen molar-refractivity contribution in [1.29, 1.82) is 0 Å². The van der Waals surface area contributed by atoms with Crippen LogP contribution in [0, 0.1) is 11.8 Å². The number of aliphatic carboxylic acids is 2. The van der Waals surface area contributed by atoms with Crippen LogP contribution in [0.2, 0.25) is 0 Å². The summed E-state index contributed by atoms with van der Waals surface area (Å²) < 4.78 is 0. The highest BCUT2D eigenvalue weighted by molar-refractivity contribution is 5.90. The molecular weight excluding hydrogens is 244 g/mol. The van der Waals surface area contributed by atoms with Crippen LogP contribution in [0.1, 0.15) is 46.0 Å². The van der Waals surface area contributed by atoms with Crippen LogP contribution in [0.5, 0.6) is 0 Å². The summed E-state index contributed by atoms with van der Waals surface area (Å²) in [7, 11) is 0. The third kappa shape index (κ3) is 3.69. The molecule has 4 nitrogen and oxygen atoms in total. The monoisotopic (exact) mass is 266 g/mol. The number of carboxylic acid groups (broad SMARTS) is 2. The van der Waals surface area contributed by atoms with Crippen molar-refractivity contribution >= 4 is 11.9 Å². The summed E-state index contributed by atoms with van der Waals surface area (Å²) in [6, 6.07) is 0. The summed E-state index contributed by atoms with van der Waals surface area (Å²) in [5.74, 6) is -2.27. The summed E-state index contributed by atoms with van der Waals surface area (Å²) in [5.41, 5.74) is 1.10. The van der Waals surface area contributed by atoms with Crippen LogP contribution < -0.4 is 0 Å². The highest BCUT2D eigenvalue weighted by Gasteiger charge is 2.29. The number of hydrogen-bond donors (Lipinski definition) is 2. The molecule has 19 heavy (non-hydrogen) atoms. The molecule has 1 rings (SSSR count). The minimum absolute atomic E-state index is 0.0705. The lowest BCUT2D eigenvalue weighted by molar-refractivity contribution is -0.134. The van der Waals surface area contributed by atoms with Crippen molar-refractivity contribution in [2.75, 3.05) is 0 Å². The van der Waals surface area contributed by atoms with E-state index < -0.39 is 17.9 Å². The van der Waals surface area contributed by atoms with Crippen LogP contribution in [-0.4, -0.2) is 22.2 Å². The Morgan fingerprint density at radius 2 is 1.63 bits per heavy atom. The first-order valence-electron chi connectivity index (χ1n) is 6.72. The molecule has 1 saturated carbocycles. The van der Waals surface area contributed by atoms with Gasteiger partial charge in [-0.2, -0.15) is 0 Å². The molecule has 0 aromatic rings. The van der Waals surface area contributed by atoms with Crippen LogP contribution in [0.15, 0.2) is 23.3 Å². The van der Waals surface area contributed by atoms with Gasteiger partial charge in [0.2, 0.25) is 0 Å². The molecule has 0 heterocycles. The first-order valence-corrected chi connectivity index (χ1v) is 6.72. The van der Waals surface area contributed by atoms with Crippen LogP contribution >= 0.6 is 0 Å². The Kier molecular flexibility index (Phi) is 5.33. The molecule has 0 amide bonds. The van der Waals surface area contributed by atoms with Gasteiger partial charge in [-0.25, -0.2) is 9.59 Å². The number of allylic oxidation sites excluding steroid dienone is 1. The lowest BCUT2D eigenvalue weighted by Gasteiger charge is -2.29. The lowest BCUT2D eigenvalue weighted by Crippen LogP contribution is -2.22. The van der Waals surface area contributed by atoms with E-state index in [1.54, 1.807) is 13.8 Å². The van der Waals surface area contributed by atoms with Crippen LogP contribution in [0.25, 0.3) is 0 Å². The van der Waals surface area contributed by atoms with E-state index in [-0.39, 0.29) is 17.1 Å². The number of carbonyl (C=O) groups is 2. The molecule has 0 aromatic heterocycles. The minimum Gasteiger partial charge on any atom is -0.478 e. The quantitative estimate of drug-likeness (QED) is 0.749. The zero-order valence-electron chi connectivity index (χ0n) is 11.6. The summed E-state index contributed by atoms with van der Waals surface area (Å²) in [4.78, 5) is 22.3. The maximum atomic E-state index is 11.2. The number of carboxylic acids is 2. The smallest absolute Gasteiger partial charge is 0.331 e. The van der Waals surface area contributed by atoms with Gasteiger partial charge < -0.3 is 10.2 Å². The molecule has 1 atom stereocenters. The SMILES string of the molecule is C=C(C(=O)O)C(C)C(=C(C)C(=O)O)C1CCCCC1. The van der Waals surface area contributed by atoms with Crippen molar-refractivity contribution < 1.29 is 19.8 Å². The van der Waals surface area contributed by atoms with E-state index in [0.717, 1.165) is 31.3 Å². The third-order valence-corrected chi connectivity index (χ3v) is 4.06. The van der Waals surface area contributed by atoms with Crippen molar-refractivity contribution in [2.45, 2.75) is 46.0 Å². The molecule has 4 heteroatoms. The second-order valence-electron chi connectivity index (χ2n) is 5.27. The van der Waals surface area contributed by atoms with Gasteiger partial charge in [0, 0.05) is 17.1 Å². The topological polar surface area (TPSA) is 74.6 Å². The van der Waals surface area contributed by atoms with Crippen molar-refractivity contribution in [3.63, 3.8) is 0 Å². The van der Waals surface area contributed by atoms with Crippen molar-refractivity contribution in [3.8, 4) is 0 Å². The Morgan fingerprint density at radius 3 is 2.05 bits per heavy atom. The summed E-state index contributed by atoms with van der Waals surface area (Å²) >= 11 is 0. The number of rotatable bonds is 5. The van der Waals surface area contributed by atoms with E-state index in [2.05, 4.69) is 6.58 Å². The van der Waals surface area contributed by atoms with Gasteiger partial charge in [0.1, 0.15) is 0 Å². The van der Waals surface area contributed by atoms with Gasteiger partial charge in [-0.1, -0.05) is 32.8 Å². The van der Waals surface area contributed by atoms with Crippen molar-refractivity contribution in [2.24, 2.45) is 11.8 Å². The number of hydrogen-bond acceptors (Lipinski definition) is 2. The van der Waals surface area contributed by atoms with Gasteiger partial charge in [-0.15, -0.1) is 0 Å². The predicted octanol–water partition coefficient (Wildman–Crippen LogP) is 3.24. The van der Waals surface area contributed by atoms with E-state index in [0.29, 0.717) is 0 Å². The Hall–Kier alpha value is -1.58. The fraction of sp³-hybridized carbons (Fsp3) is 0.600. The first-order chi connectivity index (χ1) is 8.86. The molecule has 0 radical (unpaired) electrons. The van der Waals surface area contributed by atoms with Crippen LogP contribution in [0.3, 0.4) is 0 Å². The molecular formula is C15H22O4. The largest absolute Gasteiger partial charge is 0.478 e. The molecule has 0 saturated heterocycles. The van der Waals surface area contributed by atoms with Gasteiger partial charge in [0.05, 0.1) is 0 Å². The zero-order valence-corrected chi connectivity index (χ0v) is 11.6. The van der Waals surface area contributed by atoms with Gasteiger partial charge in [-0.3, -0.25) is 0 Å². The minimum atomic E-state index is -1.06. The third-order valence-electron chi connectivity index (χ3n) is 4.06. The Morgan fingerprint density at radius 1 is 1.11 bits per heavy atom. The van der Waals surface area contributed by atoms with Gasteiger partial charge in [0.15, 0.2) is 0 Å². The molecule has 0 spiro atoms.